The van der Waals surface area contributed by atoms with Crippen molar-refractivity contribution in [3.63, 3.8) is 0 Å². The molecule has 0 aliphatic heterocycles. The van der Waals surface area contributed by atoms with Gasteiger partial charge < -0.3 is 10.1 Å². The van der Waals surface area contributed by atoms with E-state index in [1.807, 2.05) is 58.6 Å². The van der Waals surface area contributed by atoms with E-state index in [4.69, 9.17) is 4.74 Å². The first-order valence-corrected chi connectivity index (χ1v) is 10.5. The molecule has 28 heavy (non-hydrogen) atoms. The summed E-state index contributed by atoms with van der Waals surface area (Å²) >= 11 is 1.69. The number of anilines is 2. The second kappa shape index (κ2) is 10.3. The molecule has 152 valence electrons. The van der Waals surface area contributed by atoms with Crippen LogP contribution in [0.1, 0.15) is 40.2 Å². The van der Waals surface area contributed by atoms with Crippen LogP contribution >= 0.6 is 11.9 Å². The topological polar surface area (TPSA) is 54.7 Å². The van der Waals surface area contributed by atoms with Gasteiger partial charge in [0.15, 0.2) is 5.65 Å². The highest BCUT2D eigenvalue weighted by Crippen LogP contribution is 2.26. The Morgan fingerprint density at radius 3 is 2.43 bits per heavy atom. The van der Waals surface area contributed by atoms with Gasteiger partial charge in [0.05, 0.1) is 12.3 Å². The third kappa shape index (κ3) is 5.62. The number of nitrogens with one attached hydrogen (secondary N) is 1. The number of fused-ring (bicyclic) bond motifs is 1. The Kier molecular flexibility index (Phi) is 8.14. The second-order valence-electron chi connectivity index (χ2n) is 6.46. The van der Waals surface area contributed by atoms with Crippen LogP contribution < -0.4 is 10.1 Å². The molecular weight excluding hydrogens is 370 g/mol. The highest BCUT2D eigenvalue weighted by molar-refractivity contribution is 7.97. The van der Waals surface area contributed by atoms with Crippen molar-refractivity contribution in [2.75, 3.05) is 19.4 Å². The lowest BCUT2D eigenvalue weighted by atomic mass is 10.3. The number of hydrogen-bond donors (Lipinski definition) is 1. The average molecular weight is 402 g/mol. The van der Waals surface area contributed by atoms with Crippen molar-refractivity contribution in [2.45, 2.75) is 52.0 Å². The molecule has 0 saturated heterocycles. The summed E-state index contributed by atoms with van der Waals surface area (Å²) in [6.45, 7) is 10.1. The van der Waals surface area contributed by atoms with Gasteiger partial charge in [0, 0.05) is 22.2 Å². The van der Waals surface area contributed by atoms with Crippen LogP contribution in [0.3, 0.4) is 0 Å². The van der Waals surface area contributed by atoms with Crippen LogP contribution in [0, 0.1) is 0 Å². The molecule has 0 unspecified atom stereocenters. The van der Waals surface area contributed by atoms with Crippen molar-refractivity contribution in [3.8, 4) is 5.88 Å². The number of rotatable bonds is 7. The normalized spacial score (nSPS) is 10.9. The fraction of sp³-hybridized carbons (Fsp3) is 0.429. The molecule has 7 heteroatoms. The predicted octanol–water partition coefficient (Wildman–Crippen LogP) is 5.42. The third-order valence-electron chi connectivity index (χ3n) is 3.67. The summed E-state index contributed by atoms with van der Waals surface area (Å²) in [4.78, 5) is 5.82. The van der Waals surface area contributed by atoms with Crippen molar-refractivity contribution >= 4 is 29.1 Å². The maximum atomic E-state index is 5.83. The molecule has 0 fully saturated rings. The minimum Gasteiger partial charge on any atom is -0.475 e. The Labute approximate surface area is 172 Å². The van der Waals surface area contributed by atoms with Crippen LogP contribution in [0.4, 0.5) is 11.5 Å². The fourth-order valence-corrected chi connectivity index (χ4v) is 3.26. The largest absolute Gasteiger partial charge is 0.475 e. The predicted molar refractivity (Wildman–Crippen MR) is 119 cm³/mol. The highest BCUT2D eigenvalue weighted by atomic mass is 32.2. The summed E-state index contributed by atoms with van der Waals surface area (Å²) in [5.41, 5.74) is 2.91. The van der Waals surface area contributed by atoms with Crippen LogP contribution in [0.5, 0.6) is 5.88 Å². The summed E-state index contributed by atoms with van der Waals surface area (Å²) in [7, 11) is 4.06. The maximum Gasteiger partial charge on any atom is 0.219 e. The lowest BCUT2D eigenvalue weighted by molar-refractivity contribution is 0.233. The van der Waals surface area contributed by atoms with Crippen LogP contribution in [-0.2, 0) is 6.42 Å². The first-order valence-electron chi connectivity index (χ1n) is 9.73. The Morgan fingerprint density at radius 2 is 1.86 bits per heavy atom. The van der Waals surface area contributed by atoms with Gasteiger partial charge in [0.2, 0.25) is 5.88 Å². The van der Waals surface area contributed by atoms with Gasteiger partial charge in [-0.2, -0.15) is 14.6 Å². The van der Waals surface area contributed by atoms with E-state index in [-0.39, 0.29) is 6.10 Å². The van der Waals surface area contributed by atoms with Crippen molar-refractivity contribution in [3.05, 3.63) is 42.1 Å². The molecule has 0 spiro atoms. The first-order chi connectivity index (χ1) is 13.5. The number of nitrogens with zero attached hydrogens (tertiary/aromatic N) is 4. The molecule has 0 atom stereocenters. The molecule has 0 aliphatic carbocycles. The smallest absolute Gasteiger partial charge is 0.219 e. The number of benzene rings is 1. The zero-order chi connectivity index (χ0) is 20.7. The lowest BCUT2D eigenvalue weighted by Gasteiger charge is -2.14. The van der Waals surface area contributed by atoms with Gasteiger partial charge in [-0.3, -0.25) is 4.31 Å². The molecular formula is C21H31N5OS. The second-order valence-corrected chi connectivity index (χ2v) is 7.84. The van der Waals surface area contributed by atoms with E-state index in [1.165, 1.54) is 4.90 Å². The van der Waals surface area contributed by atoms with E-state index in [2.05, 4.69) is 50.9 Å². The summed E-state index contributed by atoms with van der Waals surface area (Å²) in [6, 6.07) is 10.2. The van der Waals surface area contributed by atoms with E-state index in [0.717, 1.165) is 29.1 Å². The third-order valence-corrected chi connectivity index (χ3v) is 4.52. The molecule has 2 aromatic heterocycles. The van der Waals surface area contributed by atoms with Crippen LogP contribution in [0.25, 0.3) is 5.65 Å². The number of aryl methyl sites for hydroxylation is 1. The fourth-order valence-electron chi connectivity index (χ4n) is 2.58. The van der Waals surface area contributed by atoms with Gasteiger partial charge in [-0.1, -0.05) is 20.8 Å². The summed E-state index contributed by atoms with van der Waals surface area (Å²) in [5, 5.41) is 7.92. The molecule has 2 heterocycles. The van der Waals surface area contributed by atoms with E-state index < -0.39 is 0 Å². The van der Waals surface area contributed by atoms with Gasteiger partial charge in [-0.25, -0.2) is 0 Å². The van der Waals surface area contributed by atoms with Gasteiger partial charge in [-0.15, -0.1) is 0 Å². The maximum absolute atomic E-state index is 5.83. The van der Waals surface area contributed by atoms with Gasteiger partial charge in [0.1, 0.15) is 5.82 Å². The molecule has 1 N–H and O–H groups in total. The van der Waals surface area contributed by atoms with Crippen LogP contribution in [0.2, 0.25) is 0 Å². The molecule has 0 radical (unpaired) electrons. The van der Waals surface area contributed by atoms with Gasteiger partial charge in [0.25, 0.3) is 0 Å². The van der Waals surface area contributed by atoms with Gasteiger partial charge >= 0.3 is 0 Å². The number of hydrogen-bond acceptors (Lipinski definition) is 6. The molecule has 3 rings (SSSR count). The zero-order valence-corrected chi connectivity index (χ0v) is 18.7. The molecule has 0 bridgehead atoms. The Hall–Kier alpha value is -2.25. The minimum absolute atomic E-state index is 0.0631. The van der Waals surface area contributed by atoms with Crippen molar-refractivity contribution < 1.29 is 4.74 Å². The number of aromatic nitrogens is 3. The molecule has 6 nitrogen and oxygen atoms in total. The molecule has 1 aromatic carbocycles. The molecule has 0 saturated carbocycles. The van der Waals surface area contributed by atoms with Crippen LogP contribution in [-0.4, -0.2) is 39.1 Å². The minimum atomic E-state index is 0.0631. The SMILES string of the molecule is CC.CCc1cnn2c(Nc3ccc(SN(C)C)cc3)cc(OC(C)C)nc12. The average Bonchev–Trinajstić information content (AvgIpc) is 3.07. The van der Waals surface area contributed by atoms with Crippen molar-refractivity contribution in [2.24, 2.45) is 0 Å². The first kappa shape index (κ1) is 22.0. The standard InChI is InChI=1S/C19H25N5OS.C2H6/c1-6-14-12-20-24-17(11-18(22-19(14)24)25-13(2)3)21-15-7-9-16(10-8-15)26-23(4)5;1-2/h7-13,21H,6H2,1-5H3;1-2H3. The summed E-state index contributed by atoms with van der Waals surface area (Å²) in [6.07, 6.45) is 2.80. The Morgan fingerprint density at radius 1 is 1.18 bits per heavy atom. The van der Waals surface area contributed by atoms with E-state index in [1.54, 1.807) is 11.9 Å². The van der Waals surface area contributed by atoms with E-state index >= 15 is 0 Å². The summed E-state index contributed by atoms with van der Waals surface area (Å²) < 4.78 is 9.73. The quantitative estimate of drug-likeness (QED) is 0.534. The zero-order valence-electron chi connectivity index (χ0n) is 17.9. The Balaban J connectivity index is 0.00000136. The van der Waals surface area contributed by atoms with E-state index in [0.29, 0.717) is 5.88 Å². The Bertz CT molecular complexity index is 874. The highest BCUT2D eigenvalue weighted by Gasteiger charge is 2.12. The van der Waals surface area contributed by atoms with Crippen molar-refractivity contribution in [1.82, 2.24) is 18.9 Å². The monoisotopic (exact) mass is 401 g/mol. The van der Waals surface area contributed by atoms with Crippen LogP contribution in [0.15, 0.2) is 41.4 Å². The van der Waals surface area contributed by atoms with Gasteiger partial charge in [-0.05, 0) is 70.6 Å². The lowest BCUT2D eigenvalue weighted by Crippen LogP contribution is -2.09. The molecule has 0 aliphatic rings. The molecule has 0 amide bonds. The summed E-state index contributed by atoms with van der Waals surface area (Å²) in [5.74, 6) is 1.43. The number of ether oxygens (including phenoxy) is 1. The van der Waals surface area contributed by atoms with E-state index in [9.17, 15) is 0 Å². The van der Waals surface area contributed by atoms with Crippen molar-refractivity contribution in [1.29, 1.82) is 0 Å². The molecule has 3 aromatic rings.